The number of nitrogens with zero attached hydrogens (tertiary/aromatic N) is 1. The number of nitrogens with one attached hydrogen (secondary N) is 1. The Morgan fingerprint density at radius 3 is 2.61 bits per heavy atom. The molecule has 1 saturated carbocycles. The lowest BCUT2D eigenvalue weighted by atomic mass is 9.87. The number of aryl methyl sites for hydroxylation is 1. The van der Waals surface area contributed by atoms with E-state index in [2.05, 4.69) is 61.3 Å². The number of carbonyl (C=O) groups is 2. The molecule has 33 heavy (non-hydrogen) atoms. The highest BCUT2D eigenvalue weighted by atomic mass is 16.5. The first-order valence-electron chi connectivity index (χ1n) is 12.3. The Labute approximate surface area is 197 Å². The number of amides is 2. The van der Waals surface area contributed by atoms with Crippen molar-refractivity contribution in [3.8, 4) is 5.75 Å². The first-order valence-corrected chi connectivity index (χ1v) is 12.3. The fourth-order valence-electron chi connectivity index (χ4n) is 4.57. The van der Waals surface area contributed by atoms with Crippen molar-refractivity contribution < 1.29 is 14.3 Å². The van der Waals surface area contributed by atoms with Crippen LogP contribution in [0, 0.1) is 18.8 Å². The standard InChI is InChI=1S/C28H36N2O3/c1-5-25(27(31)29-17-18(2)3)33-23-12-11-20-13-14-30(28(32)21-9-10-21)26(24(20)16-23)22-8-6-7-19(4)15-22/h6-8,11-12,15-16,18,21,25-26H,5,9-10,13-14,17H2,1-4H3,(H,29,31)/t25-,26-/m0/s1. The topological polar surface area (TPSA) is 58.6 Å². The highest BCUT2D eigenvalue weighted by Crippen LogP contribution is 2.41. The summed E-state index contributed by atoms with van der Waals surface area (Å²) in [5.41, 5.74) is 4.66. The molecule has 0 unspecified atom stereocenters. The zero-order chi connectivity index (χ0) is 23.5. The third-order valence-corrected chi connectivity index (χ3v) is 6.54. The van der Waals surface area contributed by atoms with Crippen molar-refractivity contribution in [1.82, 2.24) is 10.2 Å². The number of benzene rings is 2. The second-order valence-electron chi connectivity index (χ2n) is 9.89. The summed E-state index contributed by atoms with van der Waals surface area (Å²) in [6.07, 6.45) is 2.88. The SMILES string of the molecule is CC[C@H](Oc1ccc2c(c1)[C@H](c1cccc(C)c1)N(C(=O)C1CC1)CC2)C(=O)NCC(C)C. The van der Waals surface area contributed by atoms with Crippen LogP contribution in [0.4, 0.5) is 0 Å². The number of rotatable bonds is 8. The Balaban J connectivity index is 1.64. The molecule has 1 fully saturated rings. The van der Waals surface area contributed by atoms with Gasteiger partial charge in [0, 0.05) is 19.0 Å². The molecule has 176 valence electrons. The van der Waals surface area contributed by atoms with Crippen molar-refractivity contribution in [2.24, 2.45) is 11.8 Å². The van der Waals surface area contributed by atoms with Gasteiger partial charge in [-0.1, -0.05) is 56.7 Å². The molecule has 1 N–H and O–H groups in total. The molecule has 1 aliphatic carbocycles. The second kappa shape index (κ2) is 9.98. The summed E-state index contributed by atoms with van der Waals surface area (Å²) in [6.45, 7) is 9.56. The van der Waals surface area contributed by atoms with Gasteiger partial charge in [0.05, 0.1) is 6.04 Å². The van der Waals surface area contributed by atoms with E-state index in [-0.39, 0.29) is 23.8 Å². The van der Waals surface area contributed by atoms with Gasteiger partial charge in [-0.25, -0.2) is 0 Å². The minimum atomic E-state index is -0.535. The Kier molecular flexibility index (Phi) is 7.06. The van der Waals surface area contributed by atoms with Gasteiger partial charge < -0.3 is 15.0 Å². The van der Waals surface area contributed by atoms with E-state index in [0.717, 1.165) is 36.9 Å². The molecule has 2 amide bonds. The average molecular weight is 449 g/mol. The van der Waals surface area contributed by atoms with E-state index in [1.807, 2.05) is 19.1 Å². The minimum absolute atomic E-state index is 0.0790. The van der Waals surface area contributed by atoms with E-state index in [4.69, 9.17) is 4.74 Å². The highest BCUT2D eigenvalue weighted by molar-refractivity contribution is 5.82. The van der Waals surface area contributed by atoms with Crippen LogP contribution in [-0.2, 0) is 16.0 Å². The zero-order valence-corrected chi connectivity index (χ0v) is 20.3. The lowest BCUT2D eigenvalue weighted by molar-refractivity contribution is -0.134. The molecule has 0 saturated heterocycles. The van der Waals surface area contributed by atoms with Crippen molar-refractivity contribution in [3.05, 3.63) is 64.7 Å². The van der Waals surface area contributed by atoms with Crippen LogP contribution in [-0.4, -0.2) is 35.9 Å². The maximum absolute atomic E-state index is 13.2. The summed E-state index contributed by atoms with van der Waals surface area (Å²) >= 11 is 0. The molecule has 5 heteroatoms. The van der Waals surface area contributed by atoms with Crippen molar-refractivity contribution in [2.75, 3.05) is 13.1 Å². The number of ether oxygens (including phenoxy) is 1. The van der Waals surface area contributed by atoms with Gasteiger partial charge in [0.1, 0.15) is 5.75 Å². The summed E-state index contributed by atoms with van der Waals surface area (Å²) in [7, 11) is 0. The quantitative estimate of drug-likeness (QED) is 0.631. The number of fused-ring (bicyclic) bond motifs is 1. The Hall–Kier alpha value is -2.82. The largest absolute Gasteiger partial charge is 0.481 e. The molecule has 0 aromatic heterocycles. The van der Waals surface area contributed by atoms with E-state index in [1.165, 1.54) is 11.1 Å². The monoisotopic (exact) mass is 448 g/mol. The van der Waals surface area contributed by atoms with E-state index >= 15 is 0 Å². The fraction of sp³-hybridized carbons (Fsp3) is 0.500. The lowest BCUT2D eigenvalue weighted by Crippen LogP contribution is -2.41. The van der Waals surface area contributed by atoms with Crippen LogP contribution in [0.25, 0.3) is 0 Å². The average Bonchev–Trinajstić information content (AvgIpc) is 3.65. The minimum Gasteiger partial charge on any atom is -0.481 e. The van der Waals surface area contributed by atoms with E-state index in [9.17, 15) is 9.59 Å². The fourth-order valence-corrected chi connectivity index (χ4v) is 4.57. The maximum Gasteiger partial charge on any atom is 0.261 e. The van der Waals surface area contributed by atoms with Gasteiger partial charge in [0.15, 0.2) is 6.10 Å². The number of carbonyl (C=O) groups excluding carboxylic acids is 2. The summed E-state index contributed by atoms with van der Waals surface area (Å²) in [4.78, 5) is 27.9. The molecule has 0 radical (unpaired) electrons. The molecule has 2 aliphatic rings. The van der Waals surface area contributed by atoms with Gasteiger partial charge in [0.25, 0.3) is 5.91 Å². The molecule has 2 aromatic rings. The van der Waals surface area contributed by atoms with Crippen molar-refractivity contribution >= 4 is 11.8 Å². The van der Waals surface area contributed by atoms with E-state index in [1.54, 1.807) is 0 Å². The van der Waals surface area contributed by atoms with Crippen LogP contribution in [0.5, 0.6) is 5.75 Å². The van der Waals surface area contributed by atoms with Crippen LogP contribution < -0.4 is 10.1 Å². The molecular weight excluding hydrogens is 412 g/mol. The number of hydrogen-bond acceptors (Lipinski definition) is 3. The van der Waals surface area contributed by atoms with E-state index in [0.29, 0.717) is 24.6 Å². The summed E-state index contributed by atoms with van der Waals surface area (Å²) in [5, 5.41) is 2.98. The second-order valence-corrected chi connectivity index (χ2v) is 9.89. The van der Waals surface area contributed by atoms with Crippen LogP contribution >= 0.6 is 0 Å². The molecule has 5 nitrogen and oxygen atoms in total. The Bertz CT molecular complexity index is 1010. The van der Waals surface area contributed by atoms with Gasteiger partial charge >= 0.3 is 0 Å². The zero-order valence-electron chi connectivity index (χ0n) is 20.3. The molecule has 2 aromatic carbocycles. The van der Waals surface area contributed by atoms with Gasteiger partial charge in [-0.3, -0.25) is 9.59 Å². The summed E-state index contributed by atoms with van der Waals surface area (Å²) in [6, 6.07) is 14.4. The Morgan fingerprint density at radius 1 is 1.15 bits per heavy atom. The normalized spacial score (nSPS) is 18.6. The molecule has 1 aliphatic heterocycles. The van der Waals surface area contributed by atoms with Crippen molar-refractivity contribution in [3.63, 3.8) is 0 Å². The van der Waals surface area contributed by atoms with Gasteiger partial charge in [-0.15, -0.1) is 0 Å². The van der Waals surface area contributed by atoms with Crippen molar-refractivity contribution in [2.45, 2.75) is 65.5 Å². The van der Waals surface area contributed by atoms with Crippen LogP contribution in [0.15, 0.2) is 42.5 Å². The highest BCUT2D eigenvalue weighted by Gasteiger charge is 2.39. The molecule has 0 spiro atoms. The first-order chi connectivity index (χ1) is 15.9. The summed E-state index contributed by atoms with van der Waals surface area (Å²) < 4.78 is 6.17. The predicted molar refractivity (Wildman–Crippen MR) is 130 cm³/mol. The first kappa shape index (κ1) is 23.3. The summed E-state index contributed by atoms with van der Waals surface area (Å²) in [5.74, 6) is 1.43. The van der Waals surface area contributed by atoms with Gasteiger partial charge in [-0.2, -0.15) is 0 Å². The third kappa shape index (κ3) is 5.40. The molecule has 0 bridgehead atoms. The van der Waals surface area contributed by atoms with Gasteiger partial charge in [-0.05, 0) is 67.3 Å². The Morgan fingerprint density at radius 2 is 1.94 bits per heavy atom. The van der Waals surface area contributed by atoms with Crippen molar-refractivity contribution in [1.29, 1.82) is 0 Å². The third-order valence-electron chi connectivity index (χ3n) is 6.54. The molecule has 4 rings (SSSR count). The molecular formula is C28H36N2O3. The van der Waals surface area contributed by atoms with Gasteiger partial charge in [0.2, 0.25) is 5.91 Å². The van der Waals surface area contributed by atoms with E-state index < -0.39 is 6.10 Å². The number of hydrogen-bond donors (Lipinski definition) is 1. The molecule has 2 atom stereocenters. The predicted octanol–water partition coefficient (Wildman–Crippen LogP) is 4.81. The smallest absolute Gasteiger partial charge is 0.261 e. The van der Waals surface area contributed by atoms with Crippen LogP contribution in [0.3, 0.4) is 0 Å². The lowest BCUT2D eigenvalue weighted by Gasteiger charge is -2.38. The van der Waals surface area contributed by atoms with Crippen LogP contribution in [0.2, 0.25) is 0 Å². The molecule has 1 heterocycles. The van der Waals surface area contributed by atoms with Crippen LogP contribution in [0.1, 0.15) is 68.3 Å². The maximum atomic E-state index is 13.2.